The maximum absolute atomic E-state index is 13.4. The summed E-state index contributed by atoms with van der Waals surface area (Å²) >= 11 is 0. The lowest BCUT2D eigenvalue weighted by atomic mass is 9.98. The third kappa shape index (κ3) is 3.71. The fourth-order valence-corrected chi connectivity index (χ4v) is 5.08. The van der Waals surface area contributed by atoms with Crippen molar-refractivity contribution in [1.29, 1.82) is 0 Å². The van der Waals surface area contributed by atoms with Gasteiger partial charge in [0.2, 0.25) is 10.0 Å². The first kappa shape index (κ1) is 20.2. The average Bonchev–Trinajstić information content (AvgIpc) is 2.98. The first-order valence-corrected chi connectivity index (χ1v) is 10.6. The van der Waals surface area contributed by atoms with Crippen LogP contribution in [0.4, 0.5) is 10.5 Å². The minimum Gasteiger partial charge on any atom is -0.444 e. The van der Waals surface area contributed by atoms with E-state index in [1.165, 1.54) is 10.2 Å². The molecule has 150 valence electrons. The summed E-state index contributed by atoms with van der Waals surface area (Å²) < 4.78 is 32.4. The zero-order valence-corrected chi connectivity index (χ0v) is 17.6. The molecule has 2 aromatic rings. The van der Waals surface area contributed by atoms with Crippen molar-refractivity contribution in [3.8, 4) is 0 Å². The van der Waals surface area contributed by atoms with E-state index < -0.39 is 26.5 Å². The number of benzene rings is 1. The molecule has 0 saturated carbocycles. The topological polar surface area (TPSA) is 77.4 Å². The molecule has 1 atom stereocenters. The van der Waals surface area contributed by atoms with Crippen molar-refractivity contribution in [3.05, 3.63) is 54.3 Å². The number of anilines is 1. The number of carbonyl (C=O) groups excluding carboxylic acids is 1. The van der Waals surface area contributed by atoms with Gasteiger partial charge in [-0.05, 0) is 59.2 Å². The number of aromatic nitrogens is 1. The van der Waals surface area contributed by atoms with Crippen molar-refractivity contribution >= 4 is 32.7 Å². The van der Waals surface area contributed by atoms with Crippen molar-refractivity contribution in [2.24, 2.45) is 0 Å². The fourth-order valence-electron chi connectivity index (χ4n) is 3.35. The number of hydrogen-bond acceptors (Lipinski definition) is 4. The van der Waals surface area contributed by atoms with Crippen LogP contribution in [0.5, 0.6) is 0 Å². The zero-order chi connectivity index (χ0) is 20.7. The Balaban J connectivity index is 2.02. The summed E-state index contributed by atoms with van der Waals surface area (Å²) in [6.45, 7) is 8.96. The first-order chi connectivity index (χ1) is 12.9. The Bertz CT molecular complexity index is 1090. The van der Waals surface area contributed by atoms with Crippen LogP contribution in [0.15, 0.2) is 54.3 Å². The fraction of sp³-hybridized carbons (Fsp3) is 0.381. The summed E-state index contributed by atoms with van der Waals surface area (Å²) in [6, 6.07) is 6.85. The van der Waals surface area contributed by atoms with E-state index in [1.807, 2.05) is 19.1 Å². The number of nitrogens with zero attached hydrogens (tertiary/aromatic N) is 1. The Morgan fingerprint density at radius 2 is 1.96 bits per heavy atom. The SMILES string of the molecule is CC1=CC(C)(S(=O)(=O)n2ccc3c(NC(=O)OC(C)(C)C)cccc32)CC=C1. The molecular weight excluding hydrogens is 376 g/mol. The molecule has 0 radical (unpaired) electrons. The van der Waals surface area contributed by atoms with Gasteiger partial charge in [-0.25, -0.2) is 17.2 Å². The van der Waals surface area contributed by atoms with Gasteiger partial charge in [0.1, 0.15) is 10.3 Å². The molecule has 1 aromatic heterocycles. The highest BCUT2D eigenvalue weighted by atomic mass is 32.2. The summed E-state index contributed by atoms with van der Waals surface area (Å²) in [7, 11) is -3.71. The molecule has 1 aromatic carbocycles. The maximum atomic E-state index is 13.4. The van der Waals surface area contributed by atoms with Gasteiger partial charge in [0.05, 0.1) is 11.2 Å². The van der Waals surface area contributed by atoms with Crippen LogP contribution in [-0.2, 0) is 14.8 Å². The van der Waals surface area contributed by atoms with Crippen molar-refractivity contribution in [2.75, 3.05) is 5.32 Å². The maximum Gasteiger partial charge on any atom is 0.412 e. The van der Waals surface area contributed by atoms with Gasteiger partial charge >= 0.3 is 6.09 Å². The standard InChI is InChI=1S/C21H26N2O4S/c1-15-8-7-12-21(5,14-15)28(25,26)23-13-11-16-17(9-6-10-18(16)23)22-19(24)27-20(2,3)4/h6-11,13-14H,12H2,1-5H3,(H,22,24). The number of rotatable bonds is 3. The average molecular weight is 403 g/mol. The number of allylic oxidation sites excluding steroid dienone is 3. The monoisotopic (exact) mass is 402 g/mol. The summed E-state index contributed by atoms with van der Waals surface area (Å²) in [6.07, 6.45) is 6.95. The van der Waals surface area contributed by atoms with Gasteiger partial charge < -0.3 is 4.74 Å². The van der Waals surface area contributed by atoms with Crippen molar-refractivity contribution in [3.63, 3.8) is 0 Å². The Kier molecular flexibility index (Phi) is 4.91. The van der Waals surface area contributed by atoms with E-state index in [9.17, 15) is 13.2 Å². The van der Waals surface area contributed by atoms with Gasteiger partial charge in [-0.3, -0.25) is 5.32 Å². The molecule has 1 N–H and O–H groups in total. The summed E-state index contributed by atoms with van der Waals surface area (Å²) in [5, 5.41) is 3.34. The lowest BCUT2D eigenvalue weighted by Crippen LogP contribution is -2.38. The second-order valence-electron chi connectivity index (χ2n) is 8.29. The van der Waals surface area contributed by atoms with Crippen LogP contribution in [0, 0.1) is 0 Å². The van der Waals surface area contributed by atoms with Gasteiger partial charge in [0.15, 0.2) is 0 Å². The molecule has 1 heterocycles. The predicted octanol–water partition coefficient (Wildman–Crippen LogP) is 4.83. The second-order valence-corrected chi connectivity index (χ2v) is 10.6. The number of carbonyl (C=O) groups is 1. The second kappa shape index (κ2) is 6.81. The molecule has 0 fully saturated rings. The molecule has 3 rings (SSSR count). The molecule has 7 heteroatoms. The summed E-state index contributed by atoms with van der Waals surface area (Å²) in [5.41, 5.74) is 1.30. The molecule has 1 unspecified atom stereocenters. The minimum atomic E-state index is -3.71. The van der Waals surface area contributed by atoms with Crippen LogP contribution in [0.25, 0.3) is 10.9 Å². The largest absolute Gasteiger partial charge is 0.444 e. The number of nitrogens with one attached hydrogen (secondary N) is 1. The van der Waals surface area contributed by atoms with Crippen LogP contribution in [0.2, 0.25) is 0 Å². The van der Waals surface area contributed by atoms with Gasteiger partial charge in [-0.1, -0.05) is 29.9 Å². The number of fused-ring (bicyclic) bond motifs is 1. The number of ether oxygens (including phenoxy) is 1. The van der Waals surface area contributed by atoms with Gasteiger partial charge in [-0.15, -0.1) is 0 Å². The smallest absolute Gasteiger partial charge is 0.412 e. The molecule has 0 bridgehead atoms. The van der Waals surface area contributed by atoms with E-state index in [4.69, 9.17) is 4.74 Å². The van der Waals surface area contributed by atoms with E-state index >= 15 is 0 Å². The van der Waals surface area contributed by atoms with Crippen LogP contribution < -0.4 is 5.32 Å². The Labute approximate surface area is 165 Å². The Morgan fingerprint density at radius 1 is 1.25 bits per heavy atom. The van der Waals surface area contributed by atoms with Crippen molar-refractivity contribution in [1.82, 2.24) is 3.97 Å². The lowest BCUT2D eigenvalue weighted by molar-refractivity contribution is 0.0636. The molecule has 28 heavy (non-hydrogen) atoms. The molecule has 1 amide bonds. The van der Waals surface area contributed by atoms with Gasteiger partial charge in [-0.2, -0.15) is 0 Å². The van der Waals surface area contributed by atoms with Crippen LogP contribution in [-0.4, -0.2) is 28.8 Å². The van der Waals surface area contributed by atoms with Gasteiger partial charge in [0.25, 0.3) is 0 Å². The molecule has 0 saturated heterocycles. The summed E-state index contributed by atoms with van der Waals surface area (Å²) in [5.74, 6) is 0. The third-order valence-corrected chi connectivity index (χ3v) is 6.92. The molecule has 0 spiro atoms. The quantitative estimate of drug-likeness (QED) is 0.798. The van der Waals surface area contributed by atoms with Crippen molar-refractivity contribution in [2.45, 2.75) is 51.4 Å². The zero-order valence-electron chi connectivity index (χ0n) is 16.8. The highest BCUT2D eigenvalue weighted by molar-refractivity contribution is 7.91. The molecule has 6 nitrogen and oxygen atoms in total. The molecular formula is C21H26N2O4S. The highest BCUT2D eigenvalue weighted by Crippen LogP contribution is 2.34. The van der Waals surface area contributed by atoms with E-state index in [0.717, 1.165) is 5.57 Å². The molecule has 1 aliphatic rings. The normalized spacial score (nSPS) is 20.1. The van der Waals surface area contributed by atoms with Crippen LogP contribution >= 0.6 is 0 Å². The van der Waals surface area contributed by atoms with Crippen LogP contribution in [0.1, 0.15) is 41.0 Å². The summed E-state index contributed by atoms with van der Waals surface area (Å²) in [4.78, 5) is 12.1. The molecule has 1 aliphatic carbocycles. The first-order valence-electron chi connectivity index (χ1n) is 9.14. The van der Waals surface area contributed by atoms with Crippen LogP contribution in [0.3, 0.4) is 0 Å². The van der Waals surface area contributed by atoms with E-state index in [0.29, 0.717) is 23.0 Å². The number of hydrogen-bond donors (Lipinski definition) is 1. The van der Waals surface area contributed by atoms with E-state index in [1.54, 1.807) is 58.0 Å². The predicted molar refractivity (Wildman–Crippen MR) is 112 cm³/mol. The van der Waals surface area contributed by atoms with Gasteiger partial charge in [0, 0.05) is 11.6 Å². The third-order valence-electron chi connectivity index (χ3n) is 4.62. The Hall–Kier alpha value is -2.54. The van der Waals surface area contributed by atoms with Crippen molar-refractivity contribution < 1.29 is 17.9 Å². The molecule has 0 aliphatic heterocycles. The lowest BCUT2D eigenvalue weighted by Gasteiger charge is -2.28. The van der Waals surface area contributed by atoms with E-state index in [2.05, 4.69) is 5.32 Å². The number of amides is 1. The minimum absolute atomic E-state index is 0.405. The van der Waals surface area contributed by atoms with E-state index in [-0.39, 0.29) is 0 Å². The Morgan fingerprint density at radius 3 is 2.61 bits per heavy atom. The highest BCUT2D eigenvalue weighted by Gasteiger charge is 2.39.